The molecule has 0 aliphatic rings. The summed E-state index contributed by atoms with van der Waals surface area (Å²) in [6, 6.07) is 14.3. The van der Waals surface area contributed by atoms with Crippen molar-refractivity contribution >= 4 is 21.6 Å². The molecule has 0 bridgehead atoms. The van der Waals surface area contributed by atoms with Crippen LogP contribution in [0, 0.1) is 6.92 Å². The number of methoxy groups -OCH3 is 1. The van der Waals surface area contributed by atoms with Gasteiger partial charge in [-0.15, -0.1) is 0 Å². The number of para-hydroxylation sites is 1. The zero-order valence-corrected chi connectivity index (χ0v) is 12.1. The lowest BCUT2D eigenvalue weighted by molar-refractivity contribution is 0.410. The van der Waals surface area contributed by atoms with E-state index in [0.29, 0.717) is 0 Å². The molecule has 0 aliphatic carbocycles. The molecule has 18 heavy (non-hydrogen) atoms. The first-order valence-corrected chi connectivity index (χ1v) is 6.62. The molecule has 0 saturated heterocycles. The van der Waals surface area contributed by atoms with E-state index < -0.39 is 0 Å². The van der Waals surface area contributed by atoms with Gasteiger partial charge in [0.25, 0.3) is 0 Å². The number of ether oxygens (including phenoxy) is 1. The summed E-state index contributed by atoms with van der Waals surface area (Å²) in [7, 11) is 1.69. The zero-order chi connectivity index (χ0) is 13.0. The molecule has 0 spiro atoms. The minimum atomic E-state index is 0.744. The summed E-state index contributed by atoms with van der Waals surface area (Å²) in [6.07, 6.45) is 0. The first-order valence-electron chi connectivity index (χ1n) is 5.82. The van der Waals surface area contributed by atoms with Crippen molar-refractivity contribution in [1.29, 1.82) is 0 Å². The fourth-order valence-corrected chi connectivity index (χ4v) is 2.26. The summed E-state index contributed by atoms with van der Waals surface area (Å²) in [4.78, 5) is 0. The maximum absolute atomic E-state index is 5.36. The Labute approximate surface area is 116 Å². The van der Waals surface area contributed by atoms with E-state index in [0.717, 1.165) is 28.0 Å². The number of hydrogen-bond donors (Lipinski definition) is 1. The smallest absolute Gasteiger partial charge is 0.123 e. The minimum Gasteiger partial charge on any atom is -0.496 e. The van der Waals surface area contributed by atoms with Gasteiger partial charge in [-0.1, -0.05) is 34.1 Å². The molecule has 1 N–H and O–H groups in total. The van der Waals surface area contributed by atoms with E-state index in [1.54, 1.807) is 7.11 Å². The fraction of sp³-hybridized carbons (Fsp3) is 0.200. The minimum absolute atomic E-state index is 0.744. The molecule has 0 fully saturated rings. The van der Waals surface area contributed by atoms with Crippen LogP contribution in [0.15, 0.2) is 46.9 Å². The van der Waals surface area contributed by atoms with Crippen LogP contribution in [0.1, 0.15) is 11.1 Å². The van der Waals surface area contributed by atoms with Crippen molar-refractivity contribution in [3.8, 4) is 5.75 Å². The SMILES string of the molecule is COc1ccc(Br)cc1CNc1ccccc1C. The van der Waals surface area contributed by atoms with Crippen molar-refractivity contribution in [3.05, 3.63) is 58.1 Å². The third kappa shape index (κ3) is 3.05. The van der Waals surface area contributed by atoms with Gasteiger partial charge < -0.3 is 10.1 Å². The van der Waals surface area contributed by atoms with E-state index in [-0.39, 0.29) is 0 Å². The lowest BCUT2D eigenvalue weighted by Gasteiger charge is -2.12. The first kappa shape index (κ1) is 13.0. The molecule has 2 aromatic carbocycles. The van der Waals surface area contributed by atoms with E-state index >= 15 is 0 Å². The van der Waals surface area contributed by atoms with Gasteiger partial charge in [-0.25, -0.2) is 0 Å². The van der Waals surface area contributed by atoms with Gasteiger partial charge in [-0.2, -0.15) is 0 Å². The predicted molar refractivity (Wildman–Crippen MR) is 79.2 cm³/mol. The number of benzene rings is 2. The summed E-state index contributed by atoms with van der Waals surface area (Å²) in [5, 5.41) is 3.43. The number of anilines is 1. The molecule has 0 aliphatic heterocycles. The molecule has 0 unspecified atom stereocenters. The molecule has 0 radical (unpaired) electrons. The van der Waals surface area contributed by atoms with Crippen LogP contribution >= 0.6 is 15.9 Å². The molecule has 0 saturated carbocycles. The Hall–Kier alpha value is -1.48. The Morgan fingerprint density at radius 1 is 1.17 bits per heavy atom. The molecule has 0 amide bonds. The standard InChI is InChI=1S/C15H16BrNO/c1-11-5-3-4-6-14(11)17-10-12-9-13(16)7-8-15(12)18-2/h3-9,17H,10H2,1-2H3. The molecular weight excluding hydrogens is 290 g/mol. The number of halogens is 1. The molecule has 2 aromatic rings. The third-order valence-electron chi connectivity index (χ3n) is 2.86. The van der Waals surface area contributed by atoms with Crippen molar-refractivity contribution in [2.24, 2.45) is 0 Å². The van der Waals surface area contributed by atoms with Crippen molar-refractivity contribution in [1.82, 2.24) is 0 Å². The number of rotatable bonds is 4. The Kier molecular flexibility index (Phi) is 4.26. The lowest BCUT2D eigenvalue weighted by atomic mass is 10.1. The van der Waals surface area contributed by atoms with Gasteiger partial charge in [0, 0.05) is 22.3 Å². The van der Waals surface area contributed by atoms with Crippen LogP contribution in [-0.4, -0.2) is 7.11 Å². The topological polar surface area (TPSA) is 21.3 Å². The van der Waals surface area contributed by atoms with E-state index in [2.05, 4.69) is 46.4 Å². The van der Waals surface area contributed by atoms with Crippen LogP contribution in [0.2, 0.25) is 0 Å². The number of nitrogens with one attached hydrogen (secondary N) is 1. The highest BCUT2D eigenvalue weighted by atomic mass is 79.9. The van der Waals surface area contributed by atoms with E-state index in [9.17, 15) is 0 Å². The predicted octanol–water partition coefficient (Wildman–Crippen LogP) is 4.38. The zero-order valence-electron chi connectivity index (χ0n) is 10.5. The fourth-order valence-electron chi connectivity index (χ4n) is 1.85. The Morgan fingerprint density at radius 3 is 2.67 bits per heavy atom. The first-order chi connectivity index (χ1) is 8.70. The monoisotopic (exact) mass is 305 g/mol. The van der Waals surface area contributed by atoms with Gasteiger partial charge in [0.05, 0.1) is 7.11 Å². The van der Waals surface area contributed by atoms with Crippen LogP contribution < -0.4 is 10.1 Å². The summed E-state index contributed by atoms with van der Waals surface area (Å²) in [5.41, 5.74) is 3.53. The quantitative estimate of drug-likeness (QED) is 0.905. The summed E-state index contributed by atoms with van der Waals surface area (Å²) in [6.45, 7) is 2.84. The summed E-state index contributed by atoms with van der Waals surface area (Å²) in [5.74, 6) is 0.902. The third-order valence-corrected chi connectivity index (χ3v) is 3.35. The molecule has 2 nitrogen and oxygen atoms in total. The second kappa shape index (κ2) is 5.91. The van der Waals surface area contributed by atoms with Gasteiger partial charge in [0.1, 0.15) is 5.75 Å². The van der Waals surface area contributed by atoms with Crippen LogP contribution in [0.4, 0.5) is 5.69 Å². The highest BCUT2D eigenvalue weighted by molar-refractivity contribution is 9.10. The second-order valence-electron chi connectivity index (χ2n) is 4.12. The molecule has 0 aromatic heterocycles. The van der Waals surface area contributed by atoms with Gasteiger partial charge in [0.2, 0.25) is 0 Å². The largest absolute Gasteiger partial charge is 0.496 e. The average molecular weight is 306 g/mol. The van der Waals surface area contributed by atoms with Crippen LogP contribution in [0.3, 0.4) is 0 Å². The van der Waals surface area contributed by atoms with Gasteiger partial charge >= 0.3 is 0 Å². The maximum atomic E-state index is 5.36. The molecule has 2 rings (SSSR count). The molecular formula is C15H16BrNO. The maximum Gasteiger partial charge on any atom is 0.123 e. The highest BCUT2D eigenvalue weighted by Crippen LogP contribution is 2.24. The van der Waals surface area contributed by atoms with Crippen molar-refractivity contribution in [3.63, 3.8) is 0 Å². The number of aryl methyl sites for hydroxylation is 1. The van der Waals surface area contributed by atoms with E-state index in [1.807, 2.05) is 24.3 Å². The van der Waals surface area contributed by atoms with Crippen molar-refractivity contribution in [2.45, 2.75) is 13.5 Å². The van der Waals surface area contributed by atoms with Gasteiger partial charge in [-0.05, 0) is 36.8 Å². The van der Waals surface area contributed by atoms with Crippen LogP contribution in [0.25, 0.3) is 0 Å². The van der Waals surface area contributed by atoms with E-state index in [4.69, 9.17) is 4.74 Å². The van der Waals surface area contributed by atoms with Crippen molar-refractivity contribution < 1.29 is 4.74 Å². The summed E-state index contributed by atoms with van der Waals surface area (Å²) >= 11 is 3.48. The van der Waals surface area contributed by atoms with Gasteiger partial charge in [0.15, 0.2) is 0 Å². The van der Waals surface area contributed by atoms with Crippen LogP contribution in [0.5, 0.6) is 5.75 Å². The van der Waals surface area contributed by atoms with E-state index in [1.165, 1.54) is 5.56 Å². The van der Waals surface area contributed by atoms with Gasteiger partial charge in [-0.3, -0.25) is 0 Å². The lowest BCUT2D eigenvalue weighted by Crippen LogP contribution is -2.02. The molecule has 0 heterocycles. The molecule has 94 valence electrons. The Bertz CT molecular complexity index is 540. The Morgan fingerprint density at radius 2 is 1.94 bits per heavy atom. The highest BCUT2D eigenvalue weighted by Gasteiger charge is 2.04. The molecule has 0 atom stereocenters. The normalized spacial score (nSPS) is 10.2. The summed E-state index contributed by atoms with van der Waals surface area (Å²) < 4.78 is 6.42. The average Bonchev–Trinajstić information content (AvgIpc) is 2.38. The van der Waals surface area contributed by atoms with Crippen LogP contribution in [-0.2, 0) is 6.54 Å². The molecule has 3 heteroatoms. The number of hydrogen-bond acceptors (Lipinski definition) is 2. The van der Waals surface area contributed by atoms with Crippen molar-refractivity contribution in [2.75, 3.05) is 12.4 Å². The second-order valence-corrected chi connectivity index (χ2v) is 5.04. The Balaban J connectivity index is 2.15.